The summed E-state index contributed by atoms with van der Waals surface area (Å²) in [6.07, 6.45) is -5.32. The Morgan fingerprint density at radius 3 is 1.76 bits per heavy atom. The maximum absolute atomic E-state index is 11.0. The van der Waals surface area contributed by atoms with Crippen LogP contribution in [-0.4, -0.2) is 57.9 Å². The molecule has 0 aromatic heterocycles. The van der Waals surface area contributed by atoms with Crippen LogP contribution >= 0.6 is 0 Å². The standard InChI is InChI=1S/C7H12N2O5.C2HF3O2/c8-4(1-2-5(10)11)7(14)9-3-6(12)13;3-2(4,5)1(6)7/h4H,1-3,8H2,(H,9,14)(H,10,11)(H,12,13);(H,6,7)/t4-;/m0./s1. The SMILES string of the molecule is N[C@@H](CCC(=O)O)C(=O)NCC(=O)O.O=C(O)C(F)(F)F. The lowest BCUT2D eigenvalue weighted by atomic mass is 10.1. The van der Waals surface area contributed by atoms with E-state index in [1.807, 2.05) is 5.32 Å². The van der Waals surface area contributed by atoms with E-state index in [1.54, 1.807) is 0 Å². The Balaban J connectivity index is 0. The van der Waals surface area contributed by atoms with Gasteiger partial charge in [0.1, 0.15) is 6.54 Å². The largest absolute Gasteiger partial charge is 0.490 e. The molecule has 1 atom stereocenters. The predicted molar refractivity (Wildman–Crippen MR) is 59.2 cm³/mol. The second kappa shape index (κ2) is 9.52. The van der Waals surface area contributed by atoms with Crippen molar-refractivity contribution < 1.29 is 47.7 Å². The van der Waals surface area contributed by atoms with E-state index in [0.29, 0.717) is 0 Å². The molecule has 12 heteroatoms. The van der Waals surface area contributed by atoms with E-state index in [-0.39, 0.29) is 12.8 Å². The molecule has 0 saturated carbocycles. The second-order valence-electron chi connectivity index (χ2n) is 3.45. The number of nitrogens with one attached hydrogen (secondary N) is 1. The number of alkyl halides is 3. The zero-order chi connectivity index (χ0) is 17.2. The van der Waals surface area contributed by atoms with E-state index in [4.69, 9.17) is 25.8 Å². The molecule has 9 nitrogen and oxygen atoms in total. The Hall–Kier alpha value is -2.37. The van der Waals surface area contributed by atoms with E-state index < -0.39 is 42.6 Å². The summed E-state index contributed by atoms with van der Waals surface area (Å²) in [7, 11) is 0. The number of hydrogen-bond acceptors (Lipinski definition) is 5. The highest BCUT2D eigenvalue weighted by Gasteiger charge is 2.38. The Morgan fingerprint density at radius 2 is 1.48 bits per heavy atom. The first kappa shape index (κ1) is 20.9. The predicted octanol–water partition coefficient (Wildman–Crippen LogP) is -0.987. The summed E-state index contributed by atoms with van der Waals surface area (Å²) >= 11 is 0. The molecule has 0 fully saturated rings. The number of aliphatic carboxylic acids is 3. The van der Waals surface area contributed by atoms with Crippen molar-refractivity contribution >= 4 is 23.8 Å². The van der Waals surface area contributed by atoms with Gasteiger partial charge in [-0.1, -0.05) is 0 Å². The first-order valence-corrected chi connectivity index (χ1v) is 5.15. The summed E-state index contributed by atoms with van der Waals surface area (Å²) in [5.74, 6) is -5.64. The number of rotatable bonds is 6. The molecule has 6 N–H and O–H groups in total. The molecule has 0 saturated heterocycles. The number of carbonyl (C=O) groups is 4. The Kier molecular flexibility index (Phi) is 9.49. The third kappa shape index (κ3) is 13.9. The summed E-state index contributed by atoms with van der Waals surface area (Å²) in [5, 5.41) is 25.7. The number of hydrogen-bond donors (Lipinski definition) is 5. The quantitative estimate of drug-likeness (QED) is 0.416. The summed E-state index contributed by atoms with van der Waals surface area (Å²) in [5.41, 5.74) is 5.28. The van der Waals surface area contributed by atoms with Crippen molar-refractivity contribution in [3.63, 3.8) is 0 Å². The molecule has 0 spiro atoms. The van der Waals surface area contributed by atoms with Crippen LogP contribution in [-0.2, 0) is 19.2 Å². The lowest BCUT2D eigenvalue weighted by Gasteiger charge is -2.09. The number of carboxylic acids is 3. The van der Waals surface area contributed by atoms with Crippen molar-refractivity contribution in [3.8, 4) is 0 Å². The second-order valence-corrected chi connectivity index (χ2v) is 3.45. The van der Waals surface area contributed by atoms with E-state index in [1.165, 1.54) is 0 Å². The van der Waals surface area contributed by atoms with Gasteiger partial charge in [0, 0.05) is 6.42 Å². The summed E-state index contributed by atoms with van der Waals surface area (Å²) < 4.78 is 31.7. The molecule has 0 aromatic rings. The summed E-state index contributed by atoms with van der Waals surface area (Å²) in [4.78, 5) is 40.0. The topological polar surface area (TPSA) is 167 Å². The van der Waals surface area contributed by atoms with Crippen molar-refractivity contribution in [1.82, 2.24) is 5.32 Å². The monoisotopic (exact) mass is 318 g/mol. The van der Waals surface area contributed by atoms with Crippen LogP contribution in [0.15, 0.2) is 0 Å². The maximum Gasteiger partial charge on any atom is 0.490 e. The average molecular weight is 318 g/mol. The minimum atomic E-state index is -5.08. The summed E-state index contributed by atoms with van der Waals surface area (Å²) in [6.45, 7) is -0.514. The highest BCUT2D eigenvalue weighted by Crippen LogP contribution is 2.13. The minimum Gasteiger partial charge on any atom is -0.481 e. The van der Waals surface area contributed by atoms with Crippen LogP contribution in [0.1, 0.15) is 12.8 Å². The van der Waals surface area contributed by atoms with Crippen LogP contribution in [0.25, 0.3) is 0 Å². The van der Waals surface area contributed by atoms with Crippen LogP contribution in [0.4, 0.5) is 13.2 Å². The lowest BCUT2D eigenvalue weighted by Crippen LogP contribution is -2.42. The van der Waals surface area contributed by atoms with E-state index in [2.05, 4.69) is 0 Å². The van der Waals surface area contributed by atoms with Gasteiger partial charge in [0.05, 0.1) is 6.04 Å². The number of carboxylic acid groups (broad SMARTS) is 3. The van der Waals surface area contributed by atoms with Crippen molar-refractivity contribution in [2.24, 2.45) is 5.73 Å². The minimum absolute atomic E-state index is 0.0131. The zero-order valence-electron chi connectivity index (χ0n) is 10.4. The molecule has 0 radical (unpaired) electrons. The number of carbonyl (C=O) groups excluding carboxylic acids is 1. The van der Waals surface area contributed by atoms with E-state index in [9.17, 15) is 27.6 Å². The number of amides is 1. The zero-order valence-corrected chi connectivity index (χ0v) is 10.4. The Labute approximate surface area is 115 Å². The van der Waals surface area contributed by atoms with Crippen LogP contribution in [0.5, 0.6) is 0 Å². The Morgan fingerprint density at radius 1 is 1.05 bits per heavy atom. The first-order valence-electron chi connectivity index (χ1n) is 5.15. The van der Waals surface area contributed by atoms with Crippen molar-refractivity contribution in [2.45, 2.75) is 25.1 Å². The maximum atomic E-state index is 11.0. The molecule has 1 amide bonds. The molecule has 0 unspecified atom stereocenters. The highest BCUT2D eigenvalue weighted by atomic mass is 19.4. The fraction of sp³-hybridized carbons (Fsp3) is 0.556. The third-order valence-corrected chi connectivity index (χ3v) is 1.66. The molecule has 122 valence electrons. The van der Waals surface area contributed by atoms with Gasteiger partial charge in [-0.3, -0.25) is 14.4 Å². The number of halogens is 3. The molecular weight excluding hydrogens is 305 g/mol. The normalized spacial score (nSPS) is 11.6. The molecule has 0 heterocycles. The van der Waals surface area contributed by atoms with Crippen LogP contribution in [0.2, 0.25) is 0 Å². The Bertz CT molecular complexity index is 397. The number of nitrogens with two attached hydrogens (primary N) is 1. The van der Waals surface area contributed by atoms with E-state index >= 15 is 0 Å². The molecule has 0 aliphatic heterocycles. The van der Waals surface area contributed by atoms with Crippen molar-refractivity contribution in [3.05, 3.63) is 0 Å². The molecule has 21 heavy (non-hydrogen) atoms. The van der Waals surface area contributed by atoms with E-state index in [0.717, 1.165) is 0 Å². The van der Waals surface area contributed by atoms with Crippen molar-refractivity contribution in [1.29, 1.82) is 0 Å². The van der Waals surface area contributed by atoms with Gasteiger partial charge in [0.2, 0.25) is 5.91 Å². The third-order valence-electron chi connectivity index (χ3n) is 1.66. The van der Waals surface area contributed by atoms with Gasteiger partial charge >= 0.3 is 24.1 Å². The molecule has 0 rings (SSSR count). The highest BCUT2D eigenvalue weighted by molar-refractivity contribution is 5.85. The summed E-state index contributed by atoms with van der Waals surface area (Å²) in [6, 6.07) is -0.981. The molecule has 0 aromatic carbocycles. The smallest absolute Gasteiger partial charge is 0.481 e. The first-order chi connectivity index (χ1) is 9.37. The van der Waals surface area contributed by atoms with Gasteiger partial charge in [0.15, 0.2) is 0 Å². The van der Waals surface area contributed by atoms with Gasteiger partial charge < -0.3 is 26.4 Å². The molecule has 0 bridgehead atoms. The average Bonchev–Trinajstić information content (AvgIpc) is 2.32. The van der Waals surface area contributed by atoms with Gasteiger partial charge in [-0.05, 0) is 6.42 Å². The van der Waals surface area contributed by atoms with Crippen LogP contribution in [0.3, 0.4) is 0 Å². The van der Waals surface area contributed by atoms with Gasteiger partial charge in [0.25, 0.3) is 0 Å². The fourth-order valence-electron chi connectivity index (χ4n) is 0.704. The molecule has 0 aliphatic carbocycles. The van der Waals surface area contributed by atoms with Crippen LogP contribution < -0.4 is 11.1 Å². The van der Waals surface area contributed by atoms with Gasteiger partial charge in [-0.15, -0.1) is 0 Å². The fourth-order valence-corrected chi connectivity index (χ4v) is 0.704. The van der Waals surface area contributed by atoms with Gasteiger partial charge in [-0.25, -0.2) is 4.79 Å². The molecular formula is C9H13F3N2O7. The van der Waals surface area contributed by atoms with Crippen LogP contribution in [0, 0.1) is 0 Å². The van der Waals surface area contributed by atoms with Crippen molar-refractivity contribution in [2.75, 3.05) is 6.54 Å². The van der Waals surface area contributed by atoms with Gasteiger partial charge in [-0.2, -0.15) is 13.2 Å². The molecule has 0 aliphatic rings. The lowest BCUT2D eigenvalue weighted by molar-refractivity contribution is -0.192.